The molecule has 0 aliphatic heterocycles. The summed E-state index contributed by atoms with van der Waals surface area (Å²) in [6, 6.07) is 6.69. The lowest BCUT2D eigenvalue weighted by molar-refractivity contribution is -0.146. The molecule has 22 heavy (non-hydrogen) atoms. The highest BCUT2D eigenvalue weighted by molar-refractivity contribution is 5.87. The third-order valence-electron chi connectivity index (χ3n) is 3.29. The molecule has 0 radical (unpaired) electrons. The first-order valence-corrected chi connectivity index (χ1v) is 7.04. The van der Waals surface area contributed by atoms with Crippen LogP contribution in [0.5, 0.6) is 0 Å². The molecule has 0 saturated heterocycles. The van der Waals surface area contributed by atoms with Crippen LogP contribution in [0.15, 0.2) is 24.3 Å². The summed E-state index contributed by atoms with van der Waals surface area (Å²) in [6.45, 7) is 3.84. The lowest BCUT2D eigenvalue weighted by atomic mass is 10.0. The van der Waals surface area contributed by atoms with Crippen molar-refractivity contribution in [2.45, 2.75) is 19.9 Å². The van der Waals surface area contributed by atoms with E-state index in [0.29, 0.717) is 0 Å². The summed E-state index contributed by atoms with van der Waals surface area (Å²) in [6.07, 6.45) is 5.31. The first-order valence-electron chi connectivity index (χ1n) is 7.04. The molecule has 0 saturated carbocycles. The van der Waals surface area contributed by atoms with Crippen LogP contribution in [0.2, 0.25) is 0 Å². The van der Waals surface area contributed by atoms with Crippen molar-refractivity contribution in [2.75, 3.05) is 25.6 Å². The van der Waals surface area contributed by atoms with Gasteiger partial charge in [-0.15, -0.1) is 6.42 Å². The first-order chi connectivity index (χ1) is 10.4. The van der Waals surface area contributed by atoms with Crippen LogP contribution in [0.3, 0.4) is 0 Å². The van der Waals surface area contributed by atoms with E-state index in [0.717, 1.165) is 11.3 Å². The molecule has 5 heteroatoms. The quantitative estimate of drug-likeness (QED) is 0.638. The molecule has 1 amide bonds. The summed E-state index contributed by atoms with van der Waals surface area (Å²) < 4.78 is 4.70. The van der Waals surface area contributed by atoms with Gasteiger partial charge in [0.15, 0.2) is 0 Å². The lowest BCUT2D eigenvalue weighted by Gasteiger charge is -2.23. The number of carbonyl (C=O) groups excluding carboxylic acids is 2. The fraction of sp³-hybridized carbons (Fsp3) is 0.412. The number of benzene rings is 1. The highest BCUT2D eigenvalue weighted by Crippen LogP contribution is 2.13. The lowest BCUT2D eigenvalue weighted by Crippen LogP contribution is -2.48. The Kier molecular flexibility index (Phi) is 6.46. The Morgan fingerprint density at radius 3 is 2.36 bits per heavy atom. The third kappa shape index (κ3) is 4.81. The zero-order valence-corrected chi connectivity index (χ0v) is 13.4. The molecule has 0 spiro atoms. The first kappa shape index (κ1) is 17.6. The van der Waals surface area contributed by atoms with Crippen molar-refractivity contribution in [3.05, 3.63) is 29.8 Å². The summed E-state index contributed by atoms with van der Waals surface area (Å²) in [5.41, 5.74) is 1.65. The van der Waals surface area contributed by atoms with Gasteiger partial charge in [-0.3, -0.25) is 4.79 Å². The largest absolute Gasteiger partial charge is 0.467 e. The second-order valence-corrected chi connectivity index (χ2v) is 5.36. The zero-order valence-electron chi connectivity index (χ0n) is 13.4. The number of methoxy groups -OCH3 is 1. The normalized spacial score (nSPS) is 11.5. The number of rotatable bonds is 6. The molecule has 0 aliphatic rings. The van der Waals surface area contributed by atoms with Crippen LogP contribution in [0.25, 0.3) is 0 Å². The molecule has 0 fully saturated rings. The number of amides is 1. The fourth-order valence-electron chi connectivity index (χ4n) is 1.96. The van der Waals surface area contributed by atoms with Gasteiger partial charge < -0.3 is 15.0 Å². The SMILES string of the molecule is C#Cc1ccc(N(C)CC(=O)N[C@H](C(=O)OC)C(C)C)cc1. The number of nitrogens with zero attached hydrogens (tertiary/aromatic N) is 1. The van der Waals surface area contributed by atoms with Crippen molar-refractivity contribution >= 4 is 17.6 Å². The van der Waals surface area contributed by atoms with Gasteiger partial charge in [0.25, 0.3) is 0 Å². The molecule has 0 bridgehead atoms. The topological polar surface area (TPSA) is 58.6 Å². The Morgan fingerprint density at radius 2 is 1.91 bits per heavy atom. The van der Waals surface area contributed by atoms with E-state index >= 15 is 0 Å². The molecule has 0 heterocycles. The molecule has 1 rings (SSSR count). The van der Waals surface area contributed by atoms with E-state index in [9.17, 15) is 9.59 Å². The van der Waals surface area contributed by atoms with Crippen molar-refractivity contribution in [1.82, 2.24) is 5.32 Å². The smallest absolute Gasteiger partial charge is 0.328 e. The van der Waals surface area contributed by atoms with Gasteiger partial charge in [-0.05, 0) is 30.2 Å². The Balaban J connectivity index is 2.66. The van der Waals surface area contributed by atoms with Crippen LogP contribution in [-0.2, 0) is 14.3 Å². The highest BCUT2D eigenvalue weighted by atomic mass is 16.5. The predicted octanol–water partition coefficient (Wildman–Crippen LogP) is 1.42. The standard InChI is InChI=1S/C17H22N2O3/c1-6-13-7-9-14(10-8-13)19(4)11-15(20)18-16(12(2)3)17(21)22-5/h1,7-10,12,16H,11H2,2-5H3,(H,18,20)/t16-/m0/s1. The number of hydrogen-bond acceptors (Lipinski definition) is 4. The molecule has 5 nitrogen and oxygen atoms in total. The van der Waals surface area contributed by atoms with Crippen molar-refractivity contribution < 1.29 is 14.3 Å². The van der Waals surface area contributed by atoms with Crippen molar-refractivity contribution in [3.63, 3.8) is 0 Å². The minimum Gasteiger partial charge on any atom is -0.467 e. The predicted molar refractivity (Wildman–Crippen MR) is 86.4 cm³/mol. The molecule has 0 unspecified atom stereocenters. The second-order valence-electron chi connectivity index (χ2n) is 5.36. The molecule has 1 atom stereocenters. The van der Waals surface area contributed by atoms with E-state index < -0.39 is 12.0 Å². The molecule has 1 aromatic rings. The maximum atomic E-state index is 12.1. The number of likely N-dealkylation sites (N-methyl/N-ethyl adjacent to an activating group) is 1. The van der Waals surface area contributed by atoms with Gasteiger partial charge in [0.2, 0.25) is 5.91 Å². The van der Waals surface area contributed by atoms with Crippen LogP contribution in [-0.4, -0.2) is 38.6 Å². The number of ether oxygens (including phenoxy) is 1. The maximum absolute atomic E-state index is 12.1. The minimum absolute atomic E-state index is 0.0448. The van der Waals surface area contributed by atoms with E-state index in [1.807, 2.05) is 38.1 Å². The van der Waals surface area contributed by atoms with Gasteiger partial charge in [0, 0.05) is 18.3 Å². The molecular formula is C17H22N2O3. The summed E-state index contributed by atoms with van der Waals surface area (Å²) in [5.74, 6) is 1.81. The molecule has 0 aliphatic carbocycles. The minimum atomic E-state index is -0.644. The summed E-state index contributed by atoms with van der Waals surface area (Å²) in [5, 5.41) is 2.70. The van der Waals surface area contributed by atoms with Crippen molar-refractivity contribution in [1.29, 1.82) is 0 Å². The molecule has 1 aromatic carbocycles. The number of nitrogens with one attached hydrogen (secondary N) is 1. The average Bonchev–Trinajstić information content (AvgIpc) is 2.51. The van der Waals surface area contributed by atoms with Crippen LogP contribution >= 0.6 is 0 Å². The van der Waals surface area contributed by atoms with Gasteiger partial charge in [-0.1, -0.05) is 19.8 Å². The van der Waals surface area contributed by atoms with Crippen molar-refractivity contribution in [3.8, 4) is 12.3 Å². The van der Waals surface area contributed by atoms with E-state index in [2.05, 4.69) is 11.2 Å². The van der Waals surface area contributed by atoms with Crippen LogP contribution in [0.4, 0.5) is 5.69 Å². The number of hydrogen-bond donors (Lipinski definition) is 1. The fourth-order valence-corrected chi connectivity index (χ4v) is 1.96. The van der Waals surface area contributed by atoms with Gasteiger partial charge >= 0.3 is 5.97 Å². The van der Waals surface area contributed by atoms with Gasteiger partial charge in [-0.2, -0.15) is 0 Å². The number of terminal acetylenes is 1. The Hall–Kier alpha value is -2.48. The maximum Gasteiger partial charge on any atom is 0.328 e. The monoisotopic (exact) mass is 302 g/mol. The molecule has 118 valence electrons. The highest BCUT2D eigenvalue weighted by Gasteiger charge is 2.25. The van der Waals surface area contributed by atoms with Gasteiger partial charge in [0.1, 0.15) is 6.04 Å². The zero-order chi connectivity index (χ0) is 16.7. The third-order valence-corrected chi connectivity index (χ3v) is 3.29. The van der Waals surface area contributed by atoms with E-state index in [-0.39, 0.29) is 18.4 Å². The van der Waals surface area contributed by atoms with E-state index in [4.69, 9.17) is 11.2 Å². The average molecular weight is 302 g/mol. The Bertz CT molecular complexity index is 558. The van der Waals surface area contributed by atoms with Gasteiger partial charge in [-0.25, -0.2) is 4.79 Å². The molecular weight excluding hydrogens is 280 g/mol. The van der Waals surface area contributed by atoms with E-state index in [1.54, 1.807) is 11.9 Å². The van der Waals surface area contributed by atoms with Gasteiger partial charge in [0.05, 0.1) is 13.7 Å². The number of esters is 1. The summed E-state index contributed by atoms with van der Waals surface area (Å²) in [4.78, 5) is 25.5. The molecule has 1 N–H and O–H groups in total. The second kappa shape index (κ2) is 8.08. The number of anilines is 1. The van der Waals surface area contributed by atoms with Crippen LogP contribution in [0, 0.1) is 18.3 Å². The van der Waals surface area contributed by atoms with Crippen LogP contribution in [0.1, 0.15) is 19.4 Å². The Morgan fingerprint density at radius 1 is 1.32 bits per heavy atom. The Labute approximate surface area is 131 Å². The summed E-state index contributed by atoms with van der Waals surface area (Å²) in [7, 11) is 3.11. The van der Waals surface area contributed by atoms with Crippen molar-refractivity contribution in [2.24, 2.45) is 5.92 Å². The number of carbonyl (C=O) groups is 2. The van der Waals surface area contributed by atoms with E-state index in [1.165, 1.54) is 7.11 Å². The molecule has 0 aromatic heterocycles. The van der Waals surface area contributed by atoms with Crippen LogP contribution < -0.4 is 10.2 Å². The summed E-state index contributed by atoms with van der Waals surface area (Å²) >= 11 is 0.